The first-order valence-corrected chi connectivity index (χ1v) is 8.00. The first kappa shape index (κ1) is 16.2. The lowest BCUT2D eigenvalue weighted by atomic mass is 10.2. The molecule has 0 unspecified atom stereocenters. The maximum Gasteiger partial charge on any atom is 0.119 e. The van der Waals surface area contributed by atoms with Crippen molar-refractivity contribution in [3.8, 4) is 17.6 Å². The topological polar surface area (TPSA) is 15.7 Å². The molecule has 0 N–H and O–H groups in total. The van der Waals surface area contributed by atoms with Crippen LogP contribution in [0.4, 0.5) is 0 Å². The van der Waals surface area contributed by atoms with Gasteiger partial charge < -0.3 is 9.64 Å². The van der Waals surface area contributed by atoms with Gasteiger partial charge in [-0.15, -0.1) is 11.6 Å². The molecule has 21 heavy (non-hydrogen) atoms. The SMILES string of the molecule is CN1CCN(CCOc2ccc(C#CCCCl)cc2)CC1. The van der Waals surface area contributed by atoms with E-state index in [1.54, 1.807) is 0 Å². The van der Waals surface area contributed by atoms with Crippen molar-refractivity contribution < 1.29 is 4.74 Å². The summed E-state index contributed by atoms with van der Waals surface area (Å²) in [4.78, 5) is 4.81. The van der Waals surface area contributed by atoms with Crippen molar-refractivity contribution in [1.29, 1.82) is 0 Å². The van der Waals surface area contributed by atoms with Crippen LogP contribution in [0.2, 0.25) is 0 Å². The Morgan fingerprint density at radius 1 is 1.14 bits per heavy atom. The molecule has 0 radical (unpaired) electrons. The predicted molar refractivity (Wildman–Crippen MR) is 88.1 cm³/mol. The maximum atomic E-state index is 5.79. The van der Waals surface area contributed by atoms with Crippen LogP contribution >= 0.6 is 11.6 Å². The number of hydrogen-bond acceptors (Lipinski definition) is 3. The second-order valence-corrected chi connectivity index (χ2v) is 5.64. The zero-order valence-corrected chi connectivity index (χ0v) is 13.4. The molecule has 1 fully saturated rings. The first-order chi connectivity index (χ1) is 10.3. The van der Waals surface area contributed by atoms with Crippen molar-refractivity contribution in [2.24, 2.45) is 0 Å². The fourth-order valence-corrected chi connectivity index (χ4v) is 2.30. The summed E-state index contributed by atoms with van der Waals surface area (Å²) in [5.74, 6) is 7.60. The average Bonchev–Trinajstić information content (AvgIpc) is 2.51. The largest absolute Gasteiger partial charge is 0.492 e. The summed E-state index contributed by atoms with van der Waals surface area (Å²) in [6.07, 6.45) is 0.727. The molecule has 1 aromatic carbocycles. The van der Waals surface area contributed by atoms with Gasteiger partial charge in [0, 0.05) is 50.6 Å². The number of halogens is 1. The molecule has 1 aromatic rings. The van der Waals surface area contributed by atoms with E-state index in [0.717, 1.165) is 57.1 Å². The van der Waals surface area contributed by atoms with Gasteiger partial charge in [0.25, 0.3) is 0 Å². The third-order valence-corrected chi connectivity index (χ3v) is 3.77. The van der Waals surface area contributed by atoms with E-state index in [-0.39, 0.29) is 0 Å². The molecular weight excluding hydrogens is 284 g/mol. The van der Waals surface area contributed by atoms with Crippen LogP contribution in [0.25, 0.3) is 0 Å². The third-order valence-electron chi connectivity index (χ3n) is 3.58. The summed E-state index contributed by atoms with van der Waals surface area (Å²) >= 11 is 5.59. The highest BCUT2D eigenvalue weighted by Crippen LogP contribution is 2.11. The fraction of sp³-hybridized carbons (Fsp3) is 0.529. The zero-order valence-electron chi connectivity index (χ0n) is 12.6. The van der Waals surface area contributed by atoms with Gasteiger partial charge in [0.2, 0.25) is 0 Å². The van der Waals surface area contributed by atoms with Gasteiger partial charge in [0.1, 0.15) is 12.4 Å². The minimum atomic E-state index is 0.584. The molecule has 2 rings (SSSR count). The number of alkyl halides is 1. The number of nitrogens with zero attached hydrogens (tertiary/aromatic N) is 2. The lowest BCUT2D eigenvalue weighted by Crippen LogP contribution is -2.45. The van der Waals surface area contributed by atoms with E-state index in [4.69, 9.17) is 16.3 Å². The first-order valence-electron chi connectivity index (χ1n) is 7.46. The Morgan fingerprint density at radius 3 is 2.52 bits per heavy atom. The molecule has 1 aliphatic rings. The van der Waals surface area contributed by atoms with Crippen molar-refractivity contribution in [1.82, 2.24) is 9.80 Å². The molecule has 4 heteroatoms. The Bertz CT molecular complexity index is 470. The van der Waals surface area contributed by atoms with E-state index in [0.29, 0.717) is 5.88 Å². The van der Waals surface area contributed by atoms with Crippen molar-refractivity contribution >= 4 is 11.6 Å². The maximum absolute atomic E-state index is 5.79. The summed E-state index contributed by atoms with van der Waals surface area (Å²) in [5, 5.41) is 0. The van der Waals surface area contributed by atoms with Gasteiger partial charge in [-0.2, -0.15) is 0 Å². The number of hydrogen-bond donors (Lipinski definition) is 0. The van der Waals surface area contributed by atoms with Crippen LogP contribution in [-0.2, 0) is 0 Å². The molecule has 114 valence electrons. The molecule has 1 saturated heterocycles. The van der Waals surface area contributed by atoms with Crippen LogP contribution in [-0.4, -0.2) is 62.1 Å². The molecule has 0 aliphatic carbocycles. The van der Waals surface area contributed by atoms with Crippen LogP contribution in [0, 0.1) is 11.8 Å². The van der Waals surface area contributed by atoms with Crippen LogP contribution in [0.15, 0.2) is 24.3 Å². The molecule has 1 heterocycles. The minimum absolute atomic E-state index is 0.584. The van der Waals surface area contributed by atoms with E-state index in [9.17, 15) is 0 Å². The molecule has 0 spiro atoms. The zero-order chi connectivity index (χ0) is 14.9. The monoisotopic (exact) mass is 306 g/mol. The smallest absolute Gasteiger partial charge is 0.119 e. The van der Waals surface area contributed by atoms with Crippen molar-refractivity contribution in [2.75, 3.05) is 52.3 Å². The van der Waals surface area contributed by atoms with E-state index >= 15 is 0 Å². The van der Waals surface area contributed by atoms with Gasteiger partial charge >= 0.3 is 0 Å². The fourth-order valence-electron chi connectivity index (χ4n) is 2.21. The van der Waals surface area contributed by atoms with Crippen molar-refractivity contribution in [3.05, 3.63) is 29.8 Å². The number of piperazine rings is 1. The highest BCUT2D eigenvalue weighted by atomic mass is 35.5. The molecule has 0 saturated carbocycles. The van der Waals surface area contributed by atoms with Gasteiger partial charge in [-0.05, 0) is 31.3 Å². The number of likely N-dealkylation sites (N-methyl/N-ethyl adjacent to an activating group) is 1. The summed E-state index contributed by atoms with van der Waals surface area (Å²) in [6, 6.07) is 7.95. The molecule has 0 amide bonds. The summed E-state index contributed by atoms with van der Waals surface area (Å²) in [5.41, 5.74) is 1.01. The Balaban J connectivity index is 1.70. The van der Waals surface area contributed by atoms with Crippen LogP contribution in [0.5, 0.6) is 5.75 Å². The quantitative estimate of drug-likeness (QED) is 0.613. The van der Waals surface area contributed by atoms with Gasteiger partial charge in [0.15, 0.2) is 0 Å². The normalized spacial score (nSPS) is 16.3. The molecule has 0 aromatic heterocycles. The van der Waals surface area contributed by atoms with E-state index in [2.05, 4.69) is 28.7 Å². The molecule has 0 atom stereocenters. The second kappa shape index (κ2) is 8.94. The van der Waals surface area contributed by atoms with Crippen molar-refractivity contribution in [2.45, 2.75) is 6.42 Å². The summed E-state index contributed by atoms with van der Waals surface area (Å²) < 4.78 is 5.79. The van der Waals surface area contributed by atoms with Crippen LogP contribution < -0.4 is 4.74 Å². The average molecular weight is 307 g/mol. The van der Waals surface area contributed by atoms with Gasteiger partial charge in [0.05, 0.1) is 0 Å². The Hall–Kier alpha value is -1.21. The Labute approximate surface area is 132 Å². The number of ether oxygens (including phenoxy) is 1. The van der Waals surface area contributed by atoms with Crippen LogP contribution in [0.1, 0.15) is 12.0 Å². The third kappa shape index (κ3) is 5.97. The summed E-state index contributed by atoms with van der Waals surface area (Å²) in [7, 11) is 2.17. The molecule has 3 nitrogen and oxygen atoms in total. The van der Waals surface area contributed by atoms with Gasteiger partial charge in [-0.3, -0.25) is 4.90 Å². The highest BCUT2D eigenvalue weighted by molar-refractivity contribution is 6.18. The molecular formula is C17H23ClN2O. The Kier molecular flexibility index (Phi) is 6.88. The van der Waals surface area contributed by atoms with Crippen molar-refractivity contribution in [3.63, 3.8) is 0 Å². The number of benzene rings is 1. The predicted octanol–water partition coefficient (Wildman–Crippen LogP) is 2.29. The number of rotatable bonds is 5. The lowest BCUT2D eigenvalue weighted by Gasteiger charge is -2.32. The highest BCUT2D eigenvalue weighted by Gasteiger charge is 2.12. The van der Waals surface area contributed by atoms with Crippen LogP contribution in [0.3, 0.4) is 0 Å². The lowest BCUT2D eigenvalue weighted by molar-refractivity contribution is 0.134. The summed E-state index contributed by atoms with van der Waals surface area (Å²) in [6.45, 7) is 6.29. The van der Waals surface area contributed by atoms with E-state index < -0.39 is 0 Å². The van der Waals surface area contributed by atoms with Gasteiger partial charge in [-0.25, -0.2) is 0 Å². The van der Waals surface area contributed by atoms with E-state index in [1.807, 2.05) is 24.3 Å². The molecule has 0 bridgehead atoms. The Morgan fingerprint density at radius 2 is 1.86 bits per heavy atom. The minimum Gasteiger partial charge on any atom is -0.492 e. The second-order valence-electron chi connectivity index (χ2n) is 5.26. The standard InChI is InChI=1S/C17H23ClN2O/c1-19-10-12-20(13-11-19)14-15-21-17-7-5-16(6-8-17)4-2-3-9-18/h5-8H,3,9-15H2,1H3. The molecule has 1 aliphatic heterocycles. The van der Waals surface area contributed by atoms with Gasteiger partial charge in [-0.1, -0.05) is 11.8 Å². The van der Waals surface area contributed by atoms with E-state index in [1.165, 1.54) is 0 Å².